The Labute approximate surface area is 120 Å². The van der Waals surface area contributed by atoms with Gasteiger partial charge in [0.1, 0.15) is 5.76 Å². The highest BCUT2D eigenvalue weighted by Gasteiger charge is 2.25. The number of nitrogens with zero attached hydrogens (tertiary/aromatic N) is 2. The van der Waals surface area contributed by atoms with Crippen molar-refractivity contribution in [2.75, 3.05) is 26.2 Å². The van der Waals surface area contributed by atoms with Crippen molar-refractivity contribution in [1.29, 1.82) is 0 Å². The molecule has 1 aliphatic heterocycles. The van der Waals surface area contributed by atoms with Crippen LogP contribution in [0.1, 0.15) is 26.0 Å². The molecule has 1 amide bonds. The van der Waals surface area contributed by atoms with E-state index in [2.05, 4.69) is 18.7 Å². The molecule has 0 aliphatic carbocycles. The van der Waals surface area contributed by atoms with Crippen molar-refractivity contribution in [2.45, 2.75) is 32.9 Å². The fourth-order valence-corrected chi connectivity index (χ4v) is 2.59. The van der Waals surface area contributed by atoms with Gasteiger partial charge in [-0.1, -0.05) is 13.8 Å². The van der Waals surface area contributed by atoms with Gasteiger partial charge in [-0.25, -0.2) is 0 Å². The molecule has 0 radical (unpaired) electrons. The smallest absolute Gasteiger partial charge is 0.239 e. The predicted octanol–water partition coefficient (Wildman–Crippen LogP) is 1.30. The summed E-state index contributed by atoms with van der Waals surface area (Å²) in [5.41, 5.74) is 5.97. The van der Waals surface area contributed by atoms with Crippen LogP contribution in [0.2, 0.25) is 0 Å². The van der Waals surface area contributed by atoms with Crippen LogP contribution < -0.4 is 5.73 Å². The minimum Gasteiger partial charge on any atom is -0.468 e. The largest absolute Gasteiger partial charge is 0.468 e. The molecular weight excluding hydrogens is 254 g/mol. The molecular formula is C15H25N3O2. The van der Waals surface area contributed by atoms with Gasteiger partial charge in [0.15, 0.2) is 0 Å². The molecule has 0 unspecified atom stereocenters. The average Bonchev–Trinajstić information content (AvgIpc) is 2.91. The van der Waals surface area contributed by atoms with Crippen LogP contribution in [0.4, 0.5) is 0 Å². The Kier molecular flexibility index (Phi) is 5.20. The Morgan fingerprint density at radius 1 is 1.35 bits per heavy atom. The normalized spacial score (nSPS) is 18.5. The van der Waals surface area contributed by atoms with Crippen LogP contribution in [0.3, 0.4) is 0 Å². The van der Waals surface area contributed by atoms with Crippen molar-refractivity contribution in [2.24, 2.45) is 11.7 Å². The molecule has 0 spiro atoms. The van der Waals surface area contributed by atoms with Crippen molar-refractivity contribution < 1.29 is 9.21 Å². The second-order valence-corrected chi connectivity index (χ2v) is 5.92. The fraction of sp³-hybridized carbons (Fsp3) is 0.667. The van der Waals surface area contributed by atoms with E-state index in [4.69, 9.17) is 10.2 Å². The van der Waals surface area contributed by atoms with Gasteiger partial charge < -0.3 is 15.1 Å². The third-order valence-corrected chi connectivity index (χ3v) is 3.69. The highest BCUT2D eigenvalue weighted by Crippen LogP contribution is 2.11. The lowest BCUT2D eigenvalue weighted by molar-refractivity contribution is -0.134. The molecule has 1 aromatic heterocycles. The number of carbonyl (C=O) groups excluding carboxylic acids is 1. The van der Waals surface area contributed by atoms with Crippen LogP contribution in [0.15, 0.2) is 22.8 Å². The zero-order valence-corrected chi connectivity index (χ0v) is 12.4. The number of rotatable bonds is 5. The lowest BCUT2D eigenvalue weighted by atomic mass is 10.0. The summed E-state index contributed by atoms with van der Waals surface area (Å²) in [5.74, 6) is 1.52. The lowest BCUT2D eigenvalue weighted by Gasteiger charge is -2.35. The standard InChI is InChI=1S/C15H25N3O2/c1-12(2)10-14(16)15(19)18-7-5-17(6-8-18)11-13-4-3-9-20-13/h3-4,9,12,14H,5-8,10-11,16H2,1-2H3/t14-/m0/s1. The minimum atomic E-state index is -0.355. The van der Waals surface area contributed by atoms with Gasteiger partial charge in [-0.2, -0.15) is 0 Å². The van der Waals surface area contributed by atoms with Gasteiger partial charge in [-0.05, 0) is 24.5 Å². The van der Waals surface area contributed by atoms with Crippen LogP contribution in [0.25, 0.3) is 0 Å². The highest BCUT2D eigenvalue weighted by atomic mass is 16.3. The highest BCUT2D eigenvalue weighted by molar-refractivity contribution is 5.81. The van der Waals surface area contributed by atoms with Crippen molar-refractivity contribution in [1.82, 2.24) is 9.80 Å². The van der Waals surface area contributed by atoms with Crippen LogP contribution in [-0.4, -0.2) is 47.9 Å². The Balaban J connectivity index is 1.77. The number of hydrogen-bond acceptors (Lipinski definition) is 4. The Morgan fingerprint density at radius 2 is 2.05 bits per heavy atom. The van der Waals surface area contributed by atoms with Crippen molar-refractivity contribution in [3.05, 3.63) is 24.2 Å². The number of carbonyl (C=O) groups is 1. The van der Waals surface area contributed by atoms with Gasteiger partial charge in [0.2, 0.25) is 5.91 Å². The van der Waals surface area contributed by atoms with E-state index < -0.39 is 0 Å². The Hall–Kier alpha value is -1.33. The molecule has 5 nitrogen and oxygen atoms in total. The third-order valence-electron chi connectivity index (χ3n) is 3.69. The number of nitrogens with two attached hydrogens (primary N) is 1. The molecule has 1 fully saturated rings. The van der Waals surface area contributed by atoms with Gasteiger partial charge in [0.25, 0.3) is 0 Å². The van der Waals surface area contributed by atoms with Crippen LogP contribution in [-0.2, 0) is 11.3 Å². The molecule has 2 N–H and O–H groups in total. The van der Waals surface area contributed by atoms with E-state index in [0.717, 1.165) is 44.9 Å². The van der Waals surface area contributed by atoms with Gasteiger partial charge in [0, 0.05) is 26.2 Å². The second kappa shape index (κ2) is 6.90. The lowest BCUT2D eigenvalue weighted by Crippen LogP contribution is -2.53. The maximum absolute atomic E-state index is 12.2. The summed E-state index contributed by atoms with van der Waals surface area (Å²) >= 11 is 0. The monoisotopic (exact) mass is 279 g/mol. The fourth-order valence-electron chi connectivity index (χ4n) is 2.59. The maximum Gasteiger partial charge on any atom is 0.239 e. The molecule has 1 atom stereocenters. The van der Waals surface area contributed by atoms with E-state index in [-0.39, 0.29) is 11.9 Å². The molecule has 0 aromatic carbocycles. The molecule has 1 aliphatic rings. The number of furan rings is 1. The van der Waals surface area contributed by atoms with E-state index in [1.54, 1.807) is 6.26 Å². The van der Waals surface area contributed by atoms with Gasteiger partial charge in [0.05, 0.1) is 18.8 Å². The van der Waals surface area contributed by atoms with Crippen LogP contribution >= 0.6 is 0 Å². The van der Waals surface area contributed by atoms with Crippen molar-refractivity contribution >= 4 is 5.91 Å². The number of hydrogen-bond donors (Lipinski definition) is 1. The molecule has 0 bridgehead atoms. The summed E-state index contributed by atoms with van der Waals surface area (Å²) in [6.07, 6.45) is 2.45. The summed E-state index contributed by atoms with van der Waals surface area (Å²) in [5, 5.41) is 0. The van der Waals surface area contributed by atoms with Gasteiger partial charge in [-0.15, -0.1) is 0 Å². The van der Waals surface area contributed by atoms with Gasteiger partial charge >= 0.3 is 0 Å². The average molecular weight is 279 g/mol. The zero-order valence-electron chi connectivity index (χ0n) is 12.4. The zero-order chi connectivity index (χ0) is 14.5. The Bertz CT molecular complexity index is 409. The van der Waals surface area contributed by atoms with E-state index in [1.807, 2.05) is 17.0 Å². The van der Waals surface area contributed by atoms with Gasteiger partial charge in [-0.3, -0.25) is 9.69 Å². The molecule has 20 heavy (non-hydrogen) atoms. The minimum absolute atomic E-state index is 0.0938. The van der Waals surface area contributed by atoms with Crippen LogP contribution in [0.5, 0.6) is 0 Å². The molecule has 112 valence electrons. The molecule has 1 aromatic rings. The van der Waals surface area contributed by atoms with E-state index >= 15 is 0 Å². The first-order valence-electron chi connectivity index (χ1n) is 7.35. The number of amides is 1. The van der Waals surface area contributed by atoms with E-state index in [1.165, 1.54) is 0 Å². The first kappa shape index (κ1) is 15.1. The van der Waals surface area contributed by atoms with Crippen molar-refractivity contribution in [3.63, 3.8) is 0 Å². The first-order chi connectivity index (χ1) is 9.56. The molecule has 2 rings (SSSR count). The van der Waals surface area contributed by atoms with E-state index in [0.29, 0.717) is 5.92 Å². The topological polar surface area (TPSA) is 62.7 Å². The second-order valence-electron chi connectivity index (χ2n) is 5.92. The summed E-state index contributed by atoms with van der Waals surface area (Å²) < 4.78 is 5.35. The summed E-state index contributed by atoms with van der Waals surface area (Å²) in [6.45, 7) is 8.26. The molecule has 2 heterocycles. The van der Waals surface area contributed by atoms with Crippen LogP contribution in [0, 0.1) is 5.92 Å². The molecule has 1 saturated heterocycles. The van der Waals surface area contributed by atoms with Crippen molar-refractivity contribution in [3.8, 4) is 0 Å². The predicted molar refractivity (Wildman–Crippen MR) is 78.0 cm³/mol. The number of piperazine rings is 1. The SMILES string of the molecule is CC(C)C[C@H](N)C(=O)N1CCN(Cc2ccco2)CC1. The quantitative estimate of drug-likeness (QED) is 0.882. The molecule has 5 heteroatoms. The summed E-state index contributed by atoms with van der Waals surface area (Å²) in [6, 6.07) is 3.53. The maximum atomic E-state index is 12.2. The van der Waals surface area contributed by atoms with E-state index in [9.17, 15) is 4.79 Å². The summed E-state index contributed by atoms with van der Waals surface area (Å²) in [7, 11) is 0. The molecule has 0 saturated carbocycles. The Morgan fingerprint density at radius 3 is 2.60 bits per heavy atom. The third kappa shape index (κ3) is 4.08. The first-order valence-corrected chi connectivity index (χ1v) is 7.35. The summed E-state index contributed by atoms with van der Waals surface area (Å²) in [4.78, 5) is 16.4.